The zero-order chi connectivity index (χ0) is 17.1. The van der Waals surface area contributed by atoms with Gasteiger partial charge < -0.3 is 14.1 Å². The van der Waals surface area contributed by atoms with Crippen molar-refractivity contribution in [2.24, 2.45) is 0 Å². The van der Waals surface area contributed by atoms with Crippen molar-refractivity contribution >= 4 is 22.6 Å². The third-order valence-electron chi connectivity index (χ3n) is 3.72. The Morgan fingerprint density at radius 1 is 1.08 bits per heavy atom. The number of ether oxygens (including phenoxy) is 1. The Morgan fingerprint density at radius 3 is 2.58 bits per heavy atom. The van der Waals surface area contributed by atoms with E-state index in [4.69, 9.17) is 9.15 Å². The predicted octanol–water partition coefficient (Wildman–Crippen LogP) is 3.22. The lowest BCUT2D eigenvalue weighted by atomic mass is 10.2. The largest absolute Gasteiger partial charge is 0.481 e. The first kappa shape index (κ1) is 15.8. The summed E-state index contributed by atoms with van der Waals surface area (Å²) in [6.45, 7) is 1.71. The molecule has 0 spiro atoms. The van der Waals surface area contributed by atoms with Gasteiger partial charge in [0.15, 0.2) is 6.10 Å². The minimum Gasteiger partial charge on any atom is -0.481 e. The molecular weight excluding hydrogens is 306 g/mol. The van der Waals surface area contributed by atoms with Gasteiger partial charge in [0.2, 0.25) is 0 Å². The van der Waals surface area contributed by atoms with Gasteiger partial charge in [-0.1, -0.05) is 18.2 Å². The molecule has 0 radical (unpaired) electrons. The highest BCUT2D eigenvalue weighted by Gasteiger charge is 2.20. The second-order valence-electron chi connectivity index (χ2n) is 5.45. The molecule has 1 amide bonds. The summed E-state index contributed by atoms with van der Waals surface area (Å²) in [5, 5.41) is 0.753. The molecule has 0 aliphatic carbocycles. The monoisotopic (exact) mass is 323 g/mol. The van der Waals surface area contributed by atoms with Gasteiger partial charge >= 0.3 is 5.63 Å². The van der Waals surface area contributed by atoms with Crippen LogP contribution in [-0.2, 0) is 4.79 Å². The Morgan fingerprint density at radius 2 is 1.83 bits per heavy atom. The summed E-state index contributed by atoms with van der Waals surface area (Å²) in [4.78, 5) is 25.3. The van der Waals surface area contributed by atoms with Crippen LogP contribution in [0, 0.1) is 0 Å². The number of benzene rings is 2. The summed E-state index contributed by atoms with van der Waals surface area (Å²) in [7, 11) is 1.69. The lowest BCUT2D eigenvalue weighted by Crippen LogP contribution is -2.38. The van der Waals surface area contributed by atoms with Gasteiger partial charge in [0.1, 0.15) is 11.3 Å². The van der Waals surface area contributed by atoms with Gasteiger partial charge in [-0.3, -0.25) is 4.79 Å². The minimum absolute atomic E-state index is 0.171. The molecular formula is C19H17NO4. The normalized spacial score (nSPS) is 11.9. The number of amides is 1. The molecule has 1 aromatic heterocycles. The van der Waals surface area contributed by atoms with Gasteiger partial charge in [-0.2, -0.15) is 0 Å². The first-order valence-electron chi connectivity index (χ1n) is 7.58. The molecule has 3 rings (SSSR count). The minimum atomic E-state index is -0.623. The lowest BCUT2D eigenvalue weighted by molar-refractivity contribution is -0.124. The smallest absolute Gasteiger partial charge is 0.336 e. The van der Waals surface area contributed by atoms with E-state index in [1.54, 1.807) is 38.2 Å². The van der Waals surface area contributed by atoms with Crippen molar-refractivity contribution in [3.05, 3.63) is 71.1 Å². The van der Waals surface area contributed by atoms with Crippen molar-refractivity contribution in [1.82, 2.24) is 0 Å². The van der Waals surface area contributed by atoms with Gasteiger partial charge in [-0.05, 0) is 43.3 Å². The Kier molecular flexibility index (Phi) is 4.33. The summed E-state index contributed by atoms with van der Waals surface area (Å²) in [5.41, 5.74) is 0.787. The number of hydrogen-bond acceptors (Lipinski definition) is 4. The van der Waals surface area contributed by atoms with Crippen LogP contribution in [0.2, 0.25) is 0 Å². The maximum Gasteiger partial charge on any atom is 0.336 e. The van der Waals surface area contributed by atoms with E-state index in [2.05, 4.69) is 0 Å². The fraction of sp³-hybridized carbons (Fsp3) is 0.158. The second-order valence-corrected chi connectivity index (χ2v) is 5.45. The quantitative estimate of drug-likeness (QED) is 0.692. The van der Waals surface area contributed by atoms with E-state index < -0.39 is 11.7 Å². The zero-order valence-corrected chi connectivity index (χ0v) is 13.4. The number of anilines is 1. The third-order valence-corrected chi connectivity index (χ3v) is 3.72. The summed E-state index contributed by atoms with van der Waals surface area (Å²) in [6, 6.07) is 17.5. The van der Waals surface area contributed by atoms with Crippen molar-refractivity contribution in [3.8, 4) is 5.75 Å². The highest BCUT2D eigenvalue weighted by atomic mass is 16.5. The van der Waals surface area contributed by atoms with Crippen LogP contribution in [0.1, 0.15) is 6.92 Å². The maximum atomic E-state index is 12.6. The molecule has 24 heavy (non-hydrogen) atoms. The molecule has 0 N–H and O–H groups in total. The predicted molar refractivity (Wildman–Crippen MR) is 92.4 cm³/mol. The molecule has 5 heteroatoms. The standard InChI is InChI=1S/C19H17NO4/c1-13(23-16-6-4-3-5-7-16)19(22)20(2)15-9-10-17-14(12-15)8-11-18(21)24-17/h3-13H,1-2H3. The molecule has 0 fully saturated rings. The number of carbonyl (C=O) groups excluding carboxylic acids is 1. The molecule has 2 aromatic carbocycles. The Bertz CT molecular complexity index is 917. The van der Waals surface area contributed by atoms with Crippen molar-refractivity contribution in [2.45, 2.75) is 13.0 Å². The van der Waals surface area contributed by atoms with E-state index in [1.165, 1.54) is 11.0 Å². The number of rotatable bonds is 4. The zero-order valence-electron chi connectivity index (χ0n) is 13.4. The van der Waals surface area contributed by atoms with Gasteiger partial charge in [0, 0.05) is 24.2 Å². The van der Waals surface area contributed by atoms with Crippen LogP contribution >= 0.6 is 0 Å². The Hall–Kier alpha value is -3.08. The average Bonchev–Trinajstić information content (AvgIpc) is 2.60. The molecule has 0 saturated carbocycles. The Labute approximate surface area is 139 Å². The van der Waals surface area contributed by atoms with E-state index >= 15 is 0 Å². The fourth-order valence-corrected chi connectivity index (χ4v) is 2.42. The molecule has 0 aliphatic heterocycles. The Balaban J connectivity index is 1.79. The third kappa shape index (κ3) is 3.30. The van der Waals surface area contributed by atoms with Gasteiger partial charge in [0.25, 0.3) is 5.91 Å². The molecule has 1 heterocycles. The molecule has 1 atom stereocenters. The maximum absolute atomic E-state index is 12.6. The van der Waals surface area contributed by atoms with Crippen LogP contribution in [0.25, 0.3) is 11.0 Å². The topological polar surface area (TPSA) is 59.8 Å². The number of para-hydroxylation sites is 1. The van der Waals surface area contributed by atoms with Gasteiger partial charge in [0.05, 0.1) is 0 Å². The number of carbonyl (C=O) groups is 1. The van der Waals surface area contributed by atoms with Gasteiger partial charge in [-0.25, -0.2) is 4.79 Å². The SMILES string of the molecule is CC(Oc1ccccc1)C(=O)N(C)c1ccc2oc(=O)ccc2c1. The fourth-order valence-electron chi connectivity index (χ4n) is 2.42. The van der Waals surface area contributed by atoms with E-state index in [-0.39, 0.29) is 5.91 Å². The van der Waals surface area contributed by atoms with Crippen molar-refractivity contribution in [1.29, 1.82) is 0 Å². The summed E-state index contributed by atoms with van der Waals surface area (Å²) in [5.74, 6) is 0.475. The number of nitrogens with zero attached hydrogens (tertiary/aromatic N) is 1. The number of hydrogen-bond donors (Lipinski definition) is 0. The van der Waals surface area contributed by atoms with Crippen LogP contribution < -0.4 is 15.3 Å². The summed E-state index contributed by atoms with van der Waals surface area (Å²) in [6.07, 6.45) is -0.623. The summed E-state index contributed by atoms with van der Waals surface area (Å²) >= 11 is 0. The molecule has 5 nitrogen and oxygen atoms in total. The summed E-state index contributed by atoms with van der Waals surface area (Å²) < 4.78 is 10.8. The van der Waals surface area contributed by atoms with Crippen LogP contribution in [0.15, 0.2) is 69.9 Å². The van der Waals surface area contributed by atoms with E-state index in [9.17, 15) is 9.59 Å². The first-order chi connectivity index (χ1) is 11.5. The van der Waals surface area contributed by atoms with Crippen LogP contribution in [0.3, 0.4) is 0 Å². The molecule has 3 aromatic rings. The van der Waals surface area contributed by atoms with Crippen LogP contribution in [-0.4, -0.2) is 19.1 Å². The van der Waals surface area contributed by atoms with Crippen LogP contribution in [0.5, 0.6) is 5.75 Å². The molecule has 122 valence electrons. The van der Waals surface area contributed by atoms with E-state index in [1.807, 2.05) is 30.3 Å². The molecule has 0 saturated heterocycles. The highest BCUT2D eigenvalue weighted by Crippen LogP contribution is 2.21. The van der Waals surface area contributed by atoms with E-state index in [0.717, 1.165) is 5.39 Å². The van der Waals surface area contributed by atoms with Crippen LogP contribution in [0.4, 0.5) is 5.69 Å². The second kappa shape index (κ2) is 6.58. The van der Waals surface area contributed by atoms with Crippen molar-refractivity contribution in [3.63, 3.8) is 0 Å². The molecule has 1 unspecified atom stereocenters. The van der Waals surface area contributed by atoms with Crippen molar-refractivity contribution < 1.29 is 13.9 Å². The molecule has 0 aliphatic rings. The first-order valence-corrected chi connectivity index (χ1v) is 7.58. The van der Waals surface area contributed by atoms with Crippen molar-refractivity contribution in [2.75, 3.05) is 11.9 Å². The lowest BCUT2D eigenvalue weighted by Gasteiger charge is -2.22. The molecule has 0 bridgehead atoms. The van der Waals surface area contributed by atoms with E-state index in [0.29, 0.717) is 17.0 Å². The highest BCUT2D eigenvalue weighted by molar-refractivity contribution is 5.97. The van der Waals surface area contributed by atoms with Gasteiger partial charge in [-0.15, -0.1) is 0 Å². The number of fused-ring (bicyclic) bond motifs is 1. The average molecular weight is 323 g/mol. The number of likely N-dealkylation sites (N-methyl/N-ethyl adjacent to an activating group) is 1.